The summed E-state index contributed by atoms with van der Waals surface area (Å²) in [6.45, 7) is 0.467. The molecule has 2 fully saturated rings. The quantitative estimate of drug-likeness (QED) is 0.817. The standard InChI is InChI=1S/C18H24N2O5S/c21-16(13-18(17(22)23)9-2-1-3-10-18)19-14-5-7-15(8-6-14)20-11-4-12-26(20,24)25/h5-8H,1-4,9-13H2,(H,19,21)(H,22,23). The maximum absolute atomic E-state index is 12.4. The Morgan fingerprint density at radius 3 is 2.27 bits per heavy atom. The van der Waals surface area contributed by atoms with Crippen LogP contribution in [0.5, 0.6) is 0 Å². The topological polar surface area (TPSA) is 104 Å². The third-order valence-corrected chi connectivity index (χ3v) is 7.17. The lowest BCUT2D eigenvalue weighted by atomic mass is 9.71. The molecule has 1 aliphatic carbocycles. The van der Waals surface area contributed by atoms with Crippen LogP contribution in [0.25, 0.3) is 0 Å². The molecule has 142 valence electrons. The van der Waals surface area contributed by atoms with E-state index in [0.29, 0.717) is 37.2 Å². The number of rotatable bonds is 5. The van der Waals surface area contributed by atoms with Crippen LogP contribution in [0, 0.1) is 5.41 Å². The molecule has 26 heavy (non-hydrogen) atoms. The second-order valence-electron chi connectivity index (χ2n) is 7.16. The van der Waals surface area contributed by atoms with Crippen LogP contribution in [0.4, 0.5) is 11.4 Å². The highest BCUT2D eigenvalue weighted by Crippen LogP contribution is 2.40. The Balaban J connectivity index is 1.65. The Bertz CT molecular complexity index is 782. The summed E-state index contributed by atoms with van der Waals surface area (Å²) in [4.78, 5) is 24.0. The Morgan fingerprint density at radius 2 is 1.73 bits per heavy atom. The normalized spacial score (nSPS) is 21.3. The van der Waals surface area contributed by atoms with Gasteiger partial charge in [0.2, 0.25) is 15.9 Å². The number of carbonyl (C=O) groups is 2. The first kappa shape index (κ1) is 18.7. The van der Waals surface area contributed by atoms with Crippen molar-refractivity contribution in [1.82, 2.24) is 0 Å². The van der Waals surface area contributed by atoms with Gasteiger partial charge in [-0.3, -0.25) is 13.9 Å². The van der Waals surface area contributed by atoms with Gasteiger partial charge in [-0.2, -0.15) is 0 Å². The number of nitrogens with one attached hydrogen (secondary N) is 1. The number of aliphatic carboxylic acids is 1. The maximum atomic E-state index is 12.4. The zero-order valence-electron chi connectivity index (χ0n) is 14.6. The van der Waals surface area contributed by atoms with Gasteiger partial charge < -0.3 is 10.4 Å². The minimum Gasteiger partial charge on any atom is -0.481 e. The second-order valence-corrected chi connectivity index (χ2v) is 9.17. The molecule has 1 aliphatic heterocycles. The minimum absolute atomic E-state index is 0.0371. The van der Waals surface area contributed by atoms with E-state index in [1.807, 2.05) is 0 Å². The molecule has 3 rings (SSSR count). The highest BCUT2D eigenvalue weighted by molar-refractivity contribution is 7.93. The van der Waals surface area contributed by atoms with E-state index in [1.54, 1.807) is 24.3 Å². The van der Waals surface area contributed by atoms with Crippen LogP contribution >= 0.6 is 0 Å². The van der Waals surface area contributed by atoms with E-state index in [4.69, 9.17) is 0 Å². The van der Waals surface area contributed by atoms with Gasteiger partial charge in [0.15, 0.2) is 0 Å². The van der Waals surface area contributed by atoms with E-state index in [0.717, 1.165) is 19.3 Å². The van der Waals surface area contributed by atoms with Gasteiger partial charge in [-0.15, -0.1) is 0 Å². The molecule has 1 saturated carbocycles. The summed E-state index contributed by atoms with van der Waals surface area (Å²) < 4.78 is 25.3. The summed E-state index contributed by atoms with van der Waals surface area (Å²) >= 11 is 0. The van der Waals surface area contributed by atoms with Gasteiger partial charge in [-0.25, -0.2) is 8.42 Å². The van der Waals surface area contributed by atoms with Crippen LogP contribution < -0.4 is 9.62 Å². The molecule has 1 aromatic carbocycles. The molecule has 1 heterocycles. The Hall–Kier alpha value is -2.09. The third kappa shape index (κ3) is 3.85. The summed E-state index contributed by atoms with van der Waals surface area (Å²) in [5.41, 5.74) is 0.146. The molecule has 0 bridgehead atoms. The molecule has 1 saturated heterocycles. The van der Waals surface area contributed by atoms with Crippen molar-refractivity contribution in [1.29, 1.82) is 0 Å². The molecule has 0 radical (unpaired) electrons. The average Bonchev–Trinajstić information content (AvgIpc) is 2.95. The maximum Gasteiger partial charge on any atom is 0.310 e. The Labute approximate surface area is 153 Å². The largest absolute Gasteiger partial charge is 0.481 e. The first-order chi connectivity index (χ1) is 12.3. The molecular formula is C18H24N2O5S. The summed E-state index contributed by atoms with van der Waals surface area (Å²) in [5, 5.41) is 12.3. The lowest BCUT2D eigenvalue weighted by Gasteiger charge is -2.32. The van der Waals surface area contributed by atoms with Gasteiger partial charge >= 0.3 is 5.97 Å². The van der Waals surface area contributed by atoms with E-state index >= 15 is 0 Å². The van der Waals surface area contributed by atoms with Gasteiger partial charge in [0, 0.05) is 18.7 Å². The number of hydrogen-bond acceptors (Lipinski definition) is 4. The number of hydrogen-bond donors (Lipinski definition) is 2. The van der Waals surface area contributed by atoms with E-state index in [-0.39, 0.29) is 18.1 Å². The van der Waals surface area contributed by atoms with Crippen LogP contribution in [0.3, 0.4) is 0 Å². The number of anilines is 2. The fourth-order valence-electron chi connectivity index (χ4n) is 3.85. The van der Waals surface area contributed by atoms with Crippen molar-refractivity contribution in [2.75, 3.05) is 21.9 Å². The second kappa shape index (κ2) is 7.26. The number of benzene rings is 1. The van der Waals surface area contributed by atoms with Crippen LogP contribution in [-0.2, 0) is 19.6 Å². The minimum atomic E-state index is -3.23. The van der Waals surface area contributed by atoms with Gasteiger partial charge in [0.05, 0.1) is 16.9 Å². The smallest absolute Gasteiger partial charge is 0.310 e. The van der Waals surface area contributed by atoms with Crippen LogP contribution in [0.15, 0.2) is 24.3 Å². The summed E-state index contributed by atoms with van der Waals surface area (Å²) in [5.74, 6) is -1.07. The van der Waals surface area contributed by atoms with Crippen molar-refractivity contribution in [3.8, 4) is 0 Å². The lowest BCUT2D eigenvalue weighted by Crippen LogP contribution is -2.37. The molecule has 8 heteroatoms. The number of sulfonamides is 1. The zero-order chi connectivity index (χ0) is 18.8. The predicted molar refractivity (Wildman–Crippen MR) is 98.6 cm³/mol. The Morgan fingerprint density at radius 1 is 1.08 bits per heavy atom. The van der Waals surface area contributed by atoms with Crippen LogP contribution in [0.1, 0.15) is 44.9 Å². The first-order valence-electron chi connectivity index (χ1n) is 8.96. The zero-order valence-corrected chi connectivity index (χ0v) is 15.4. The van der Waals surface area contributed by atoms with Crippen LogP contribution in [0.2, 0.25) is 0 Å². The summed E-state index contributed by atoms with van der Waals surface area (Å²) in [6.07, 6.45) is 4.31. The van der Waals surface area contributed by atoms with Crippen molar-refractivity contribution >= 4 is 33.3 Å². The summed E-state index contributed by atoms with van der Waals surface area (Å²) in [6, 6.07) is 6.61. The van der Waals surface area contributed by atoms with E-state index in [1.165, 1.54) is 4.31 Å². The molecule has 0 spiro atoms. The van der Waals surface area contributed by atoms with Crippen molar-refractivity contribution in [3.63, 3.8) is 0 Å². The van der Waals surface area contributed by atoms with E-state index < -0.39 is 21.4 Å². The number of carboxylic acid groups (broad SMARTS) is 1. The molecule has 1 amide bonds. The predicted octanol–water partition coefficient (Wildman–Crippen LogP) is 2.59. The van der Waals surface area contributed by atoms with Crippen molar-refractivity contribution < 1.29 is 23.1 Å². The molecule has 2 aliphatic rings. The molecule has 0 aromatic heterocycles. The monoisotopic (exact) mass is 380 g/mol. The molecule has 2 N–H and O–H groups in total. The van der Waals surface area contributed by atoms with Crippen LogP contribution in [-0.4, -0.2) is 37.7 Å². The number of nitrogens with zero attached hydrogens (tertiary/aromatic N) is 1. The van der Waals surface area contributed by atoms with Gasteiger partial charge in [0.1, 0.15) is 0 Å². The van der Waals surface area contributed by atoms with Gasteiger partial charge in [-0.05, 0) is 43.5 Å². The fourth-order valence-corrected chi connectivity index (χ4v) is 5.41. The highest BCUT2D eigenvalue weighted by Gasteiger charge is 2.41. The molecular weight excluding hydrogens is 356 g/mol. The number of carbonyl (C=O) groups excluding carboxylic acids is 1. The van der Waals surface area contributed by atoms with E-state index in [9.17, 15) is 23.1 Å². The lowest BCUT2D eigenvalue weighted by molar-refractivity contribution is -0.153. The van der Waals surface area contributed by atoms with Gasteiger partial charge in [-0.1, -0.05) is 19.3 Å². The molecule has 1 aromatic rings. The number of carboxylic acids is 1. The fraction of sp³-hybridized carbons (Fsp3) is 0.556. The highest BCUT2D eigenvalue weighted by atomic mass is 32.2. The molecule has 7 nitrogen and oxygen atoms in total. The summed E-state index contributed by atoms with van der Waals surface area (Å²) in [7, 11) is -3.23. The van der Waals surface area contributed by atoms with Crippen molar-refractivity contribution in [2.45, 2.75) is 44.9 Å². The van der Waals surface area contributed by atoms with E-state index in [2.05, 4.69) is 5.32 Å². The Kier molecular flexibility index (Phi) is 5.22. The third-order valence-electron chi connectivity index (χ3n) is 5.30. The van der Waals surface area contributed by atoms with Gasteiger partial charge in [0.25, 0.3) is 0 Å². The SMILES string of the molecule is O=C(CC1(C(=O)O)CCCCC1)Nc1ccc(N2CCCS2(=O)=O)cc1. The molecule has 0 atom stereocenters. The first-order valence-corrected chi connectivity index (χ1v) is 10.6. The molecule has 0 unspecified atom stereocenters. The average molecular weight is 380 g/mol. The van der Waals surface area contributed by atoms with Crippen molar-refractivity contribution in [3.05, 3.63) is 24.3 Å². The van der Waals surface area contributed by atoms with Crippen molar-refractivity contribution in [2.24, 2.45) is 5.41 Å². The number of amides is 1.